The van der Waals surface area contributed by atoms with E-state index in [9.17, 15) is 4.79 Å². The molecule has 0 aliphatic rings. The van der Waals surface area contributed by atoms with Gasteiger partial charge in [0, 0.05) is 12.5 Å². The topological polar surface area (TPSA) is 70.7 Å². The van der Waals surface area contributed by atoms with Crippen LogP contribution in [-0.2, 0) is 6.42 Å². The Bertz CT molecular complexity index is 362. The number of carbonyl (C=O) groups is 1. The van der Waals surface area contributed by atoms with Crippen LogP contribution in [0.4, 0.5) is 0 Å². The van der Waals surface area contributed by atoms with Gasteiger partial charge in [-0.3, -0.25) is 9.89 Å². The molecule has 2 N–H and O–H groups in total. The standard InChI is InChI=1S/C13H24N4O/c1-4-7-9-10(8-5-2)14-13(18)12-15-11(6-3)16-17-12/h10H,4-9H2,1-3H3,(H,14,18)(H,15,16,17). The molecular weight excluding hydrogens is 228 g/mol. The zero-order chi connectivity index (χ0) is 13.4. The lowest BCUT2D eigenvalue weighted by Gasteiger charge is -2.16. The fourth-order valence-corrected chi connectivity index (χ4v) is 1.89. The van der Waals surface area contributed by atoms with Gasteiger partial charge in [-0.25, -0.2) is 4.98 Å². The predicted octanol–water partition coefficient (Wildman–Crippen LogP) is 2.46. The van der Waals surface area contributed by atoms with Crippen LogP contribution in [0.5, 0.6) is 0 Å². The van der Waals surface area contributed by atoms with Gasteiger partial charge in [-0.15, -0.1) is 5.10 Å². The lowest BCUT2D eigenvalue weighted by Crippen LogP contribution is -2.35. The van der Waals surface area contributed by atoms with Gasteiger partial charge in [0.25, 0.3) is 5.91 Å². The number of nitrogens with one attached hydrogen (secondary N) is 2. The third-order valence-corrected chi connectivity index (χ3v) is 2.95. The van der Waals surface area contributed by atoms with Crippen molar-refractivity contribution in [2.45, 2.75) is 65.3 Å². The first-order valence-corrected chi connectivity index (χ1v) is 6.93. The largest absolute Gasteiger partial charge is 0.347 e. The van der Waals surface area contributed by atoms with Crippen LogP contribution in [0, 0.1) is 0 Å². The average molecular weight is 252 g/mol. The van der Waals surface area contributed by atoms with E-state index in [1.807, 2.05) is 6.92 Å². The maximum absolute atomic E-state index is 12.0. The molecule has 0 fully saturated rings. The first-order chi connectivity index (χ1) is 8.71. The quantitative estimate of drug-likeness (QED) is 0.746. The molecule has 0 spiro atoms. The summed E-state index contributed by atoms with van der Waals surface area (Å²) in [6.07, 6.45) is 6.16. The van der Waals surface area contributed by atoms with Crippen molar-refractivity contribution in [2.75, 3.05) is 0 Å². The Morgan fingerprint density at radius 3 is 2.61 bits per heavy atom. The number of unbranched alkanes of at least 4 members (excludes halogenated alkanes) is 1. The summed E-state index contributed by atoms with van der Waals surface area (Å²) in [6, 6.07) is 0.242. The molecule has 1 rings (SSSR count). The Kier molecular flexibility index (Phi) is 6.39. The van der Waals surface area contributed by atoms with Crippen LogP contribution in [0.3, 0.4) is 0 Å². The van der Waals surface area contributed by atoms with Gasteiger partial charge < -0.3 is 5.32 Å². The fourth-order valence-electron chi connectivity index (χ4n) is 1.89. The van der Waals surface area contributed by atoms with E-state index < -0.39 is 0 Å². The average Bonchev–Trinajstić information content (AvgIpc) is 2.85. The van der Waals surface area contributed by atoms with Gasteiger partial charge in [0.05, 0.1) is 0 Å². The highest BCUT2D eigenvalue weighted by atomic mass is 16.2. The zero-order valence-corrected chi connectivity index (χ0v) is 11.6. The first-order valence-electron chi connectivity index (χ1n) is 6.93. The molecule has 5 nitrogen and oxygen atoms in total. The summed E-state index contributed by atoms with van der Waals surface area (Å²) >= 11 is 0. The maximum atomic E-state index is 12.0. The molecule has 1 heterocycles. The van der Waals surface area contributed by atoms with E-state index >= 15 is 0 Å². The number of nitrogens with zero attached hydrogens (tertiary/aromatic N) is 2. The van der Waals surface area contributed by atoms with Crippen molar-refractivity contribution in [3.8, 4) is 0 Å². The third kappa shape index (κ3) is 4.47. The Morgan fingerprint density at radius 1 is 1.28 bits per heavy atom. The highest BCUT2D eigenvalue weighted by Crippen LogP contribution is 2.07. The van der Waals surface area contributed by atoms with Crippen molar-refractivity contribution < 1.29 is 4.79 Å². The molecule has 1 aromatic rings. The second-order valence-corrected chi connectivity index (χ2v) is 4.56. The Hall–Kier alpha value is -1.39. The number of aryl methyl sites for hydroxylation is 1. The van der Waals surface area contributed by atoms with Crippen LogP contribution in [0.1, 0.15) is 69.3 Å². The molecule has 5 heteroatoms. The van der Waals surface area contributed by atoms with Gasteiger partial charge in [-0.05, 0) is 12.8 Å². The molecule has 0 saturated heterocycles. The van der Waals surface area contributed by atoms with Crippen LogP contribution in [0.25, 0.3) is 0 Å². The van der Waals surface area contributed by atoms with Gasteiger partial charge in [0.2, 0.25) is 5.82 Å². The van der Waals surface area contributed by atoms with E-state index in [1.54, 1.807) is 0 Å². The SMILES string of the molecule is CCCCC(CCC)NC(=O)c1n[nH]c(CC)n1. The molecule has 1 aromatic heterocycles. The second kappa shape index (κ2) is 7.84. The number of amides is 1. The minimum Gasteiger partial charge on any atom is -0.347 e. The number of rotatable bonds is 8. The Morgan fingerprint density at radius 2 is 2.06 bits per heavy atom. The summed E-state index contributed by atoms with van der Waals surface area (Å²) < 4.78 is 0. The van der Waals surface area contributed by atoms with Gasteiger partial charge in [0.1, 0.15) is 5.82 Å². The van der Waals surface area contributed by atoms with Crippen molar-refractivity contribution in [1.29, 1.82) is 0 Å². The molecule has 0 aliphatic carbocycles. The van der Waals surface area contributed by atoms with E-state index in [0.717, 1.165) is 44.3 Å². The zero-order valence-electron chi connectivity index (χ0n) is 11.6. The van der Waals surface area contributed by atoms with E-state index in [0.29, 0.717) is 0 Å². The number of aromatic nitrogens is 3. The maximum Gasteiger partial charge on any atom is 0.291 e. The normalized spacial score (nSPS) is 12.4. The molecule has 102 valence electrons. The summed E-state index contributed by atoms with van der Waals surface area (Å²) in [5.41, 5.74) is 0. The van der Waals surface area contributed by atoms with Crippen molar-refractivity contribution in [2.24, 2.45) is 0 Å². The van der Waals surface area contributed by atoms with E-state index in [1.165, 1.54) is 0 Å². The summed E-state index contributed by atoms with van der Waals surface area (Å²) in [5, 5.41) is 9.72. The summed E-state index contributed by atoms with van der Waals surface area (Å²) in [6.45, 7) is 6.27. The van der Waals surface area contributed by atoms with Gasteiger partial charge in [0.15, 0.2) is 0 Å². The van der Waals surface area contributed by atoms with Crippen molar-refractivity contribution >= 4 is 5.91 Å². The molecule has 0 bridgehead atoms. The summed E-state index contributed by atoms with van der Waals surface area (Å²) in [7, 11) is 0. The fraction of sp³-hybridized carbons (Fsp3) is 0.769. The Labute approximate surface area is 109 Å². The minimum atomic E-state index is -0.166. The highest BCUT2D eigenvalue weighted by Gasteiger charge is 2.16. The number of aromatic amines is 1. The molecule has 1 amide bonds. The summed E-state index contributed by atoms with van der Waals surface area (Å²) in [4.78, 5) is 16.1. The van der Waals surface area contributed by atoms with Crippen LogP contribution in [-0.4, -0.2) is 27.1 Å². The smallest absolute Gasteiger partial charge is 0.291 e. The number of hydrogen-bond donors (Lipinski definition) is 2. The molecule has 0 radical (unpaired) electrons. The van der Waals surface area contributed by atoms with Crippen LogP contribution < -0.4 is 5.32 Å². The number of H-pyrrole nitrogens is 1. The monoisotopic (exact) mass is 252 g/mol. The summed E-state index contributed by atoms with van der Waals surface area (Å²) in [5.74, 6) is 0.839. The molecule has 0 aliphatic heterocycles. The van der Waals surface area contributed by atoms with Gasteiger partial charge >= 0.3 is 0 Å². The van der Waals surface area contributed by atoms with Gasteiger partial charge in [-0.1, -0.05) is 40.0 Å². The van der Waals surface area contributed by atoms with Crippen LogP contribution in [0.15, 0.2) is 0 Å². The third-order valence-electron chi connectivity index (χ3n) is 2.95. The molecule has 1 unspecified atom stereocenters. The lowest BCUT2D eigenvalue weighted by molar-refractivity contribution is 0.0922. The lowest BCUT2D eigenvalue weighted by atomic mass is 10.1. The minimum absolute atomic E-state index is 0.166. The van der Waals surface area contributed by atoms with Crippen LogP contribution in [0.2, 0.25) is 0 Å². The molecule has 0 aromatic carbocycles. The van der Waals surface area contributed by atoms with Crippen molar-refractivity contribution in [1.82, 2.24) is 20.5 Å². The van der Waals surface area contributed by atoms with E-state index in [4.69, 9.17) is 0 Å². The van der Waals surface area contributed by atoms with Crippen molar-refractivity contribution in [3.63, 3.8) is 0 Å². The first kappa shape index (κ1) is 14.7. The van der Waals surface area contributed by atoms with Gasteiger partial charge in [-0.2, -0.15) is 0 Å². The van der Waals surface area contributed by atoms with Crippen LogP contribution >= 0.6 is 0 Å². The predicted molar refractivity (Wildman–Crippen MR) is 71.4 cm³/mol. The number of carbonyl (C=O) groups excluding carboxylic acids is 1. The number of hydrogen-bond acceptors (Lipinski definition) is 3. The molecule has 1 atom stereocenters. The van der Waals surface area contributed by atoms with E-state index in [2.05, 4.69) is 34.3 Å². The highest BCUT2D eigenvalue weighted by molar-refractivity contribution is 5.90. The second-order valence-electron chi connectivity index (χ2n) is 4.56. The van der Waals surface area contributed by atoms with E-state index in [-0.39, 0.29) is 17.8 Å². The Balaban J connectivity index is 2.53. The van der Waals surface area contributed by atoms with Crippen molar-refractivity contribution in [3.05, 3.63) is 11.6 Å². The molecule has 0 saturated carbocycles. The molecule has 18 heavy (non-hydrogen) atoms. The molecular formula is C13H24N4O.